The van der Waals surface area contributed by atoms with Crippen LogP contribution in [0.3, 0.4) is 0 Å². The number of H-pyrrole nitrogens is 1. The quantitative estimate of drug-likeness (QED) is 0.399. The number of hydrogen-bond acceptors (Lipinski definition) is 6. The van der Waals surface area contributed by atoms with E-state index in [-0.39, 0.29) is 17.5 Å². The molecule has 186 valence electrons. The number of amides is 1. The zero-order valence-electron chi connectivity index (χ0n) is 21.0. The third-order valence-corrected chi connectivity index (χ3v) is 7.45. The zero-order chi connectivity index (χ0) is 24.9. The Morgan fingerprint density at radius 2 is 2.03 bits per heavy atom. The first-order chi connectivity index (χ1) is 17.4. The van der Waals surface area contributed by atoms with E-state index in [1.807, 2.05) is 43.0 Å². The van der Waals surface area contributed by atoms with Gasteiger partial charge in [-0.1, -0.05) is 0 Å². The predicted octanol–water partition coefficient (Wildman–Crippen LogP) is 3.13. The van der Waals surface area contributed by atoms with Crippen LogP contribution in [0.1, 0.15) is 30.3 Å². The first-order valence-corrected chi connectivity index (χ1v) is 12.6. The highest BCUT2D eigenvalue weighted by Crippen LogP contribution is 2.36. The molecule has 2 aliphatic rings. The molecule has 2 N–H and O–H groups in total. The average molecular weight is 485 g/mol. The Labute approximate surface area is 210 Å². The van der Waals surface area contributed by atoms with E-state index in [9.17, 15) is 4.79 Å². The molecular formula is C27H32N8O. The Bertz CT molecular complexity index is 1380. The fourth-order valence-electron chi connectivity index (χ4n) is 5.39. The lowest BCUT2D eigenvalue weighted by atomic mass is 9.88. The molecule has 1 aliphatic heterocycles. The van der Waals surface area contributed by atoms with E-state index in [0.29, 0.717) is 11.6 Å². The molecule has 0 bridgehead atoms. The molecule has 1 aliphatic carbocycles. The number of aromatic amines is 1. The molecule has 2 fully saturated rings. The van der Waals surface area contributed by atoms with Gasteiger partial charge in [0.1, 0.15) is 16.9 Å². The Kier molecular flexibility index (Phi) is 5.52. The van der Waals surface area contributed by atoms with E-state index in [1.165, 1.54) is 12.8 Å². The van der Waals surface area contributed by atoms with Crippen molar-refractivity contribution in [1.29, 1.82) is 0 Å². The number of hydrogen-bond donors (Lipinski definition) is 2. The molecule has 1 saturated carbocycles. The van der Waals surface area contributed by atoms with Crippen molar-refractivity contribution in [2.75, 3.05) is 38.6 Å². The molecule has 1 unspecified atom stereocenters. The molecular weight excluding hydrogens is 452 g/mol. The summed E-state index contributed by atoms with van der Waals surface area (Å²) in [5, 5.41) is 8.98. The molecule has 9 nitrogen and oxygen atoms in total. The minimum atomic E-state index is -0.151. The van der Waals surface area contributed by atoms with Crippen molar-refractivity contribution >= 4 is 22.6 Å². The van der Waals surface area contributed by atoms with E-state index in [1.54, 1.807) is 0 Å². The summed E-state index contributed by atoms with van der Waals surface area (Å²) < 4.78 is 2.12. The third kappa shape index (κ3) is 4.13. The normalized spacial score (nSPS) is 17.8. The van der Waals surface area contributed by atoms with Crippen molar-refractivity contribution in [3.8, 4) is 11.1 Å². The van der Waals surface area contributed by atoms with Gasteiger partial charge >= 0.3 is 0 Å². The van der Waals surface area contributed by atoms with Gasteiger partial charge in [0.15, 0.2) is 0 Å². The van der Waals surface area contributed by atoms with Crippen LogP contribution in [-0.4, -0.2) is 75.3 Å². The highest BCUT2D eigenvalue weighted by molar-refractivity contribution is 5.93. The smallest absolute Gasteiger partial charge is 0.270 e. The number of nitrogens with zero attached hydrogens (tertiary/aromatic N) is 6. The second-order valence-corrected chi connectivity index (χ2v) is 10.6. The van der Waals surface area contributed by atoms with Crippen LogP contribution >= 0.6 is 0 Å². The van der Waals surface area contributed by atoms with Crippen LogP contribution in [0.15, 0.2) is 55.2 Å². The summed E-state index contributed by atoms with van der Waals surface area (Å²) in [6.07, 6.45) is 12.1. The number of nitrogens with one attached hydrogen (secondary N) is 2. The number of carbonyl (C=O) groups is 1. The number of likely N-dealkylation sites (N-methyl/N-ethyl adjacent to an activating group) is 1. The van der Waals surface area contributed by atoms with Crippen LogP contribution in [0.4, 0.5) is 5.69 Å². The second kappa shape index (κ2) is 8.74. The standard InChI is InChI=1S/C27H32N8O/c1-18(19-4-5-19)32-26(36)24-7-6-21(13-30-24)34-16-27(17-34,15-33(2)3)35-14-20(12-31-35)22-8-10-28-25-23(22)9-11-29-25/h6-14,18-19H,4-5,15-17H2,1-3H3,(H,28,29)(H,32,36). The first kappa shape index (κ1) is 22.7. The lowest BCUT2D eigenvalue weighted by Crippen LogP contribution is -2.67. The number of rotatable bonds is 8. The number of aromatic nitrogens is 5. The fourth-order valence-corrected chi connectivity index (χ4v) is 5.39. The molecule has 6 rings (SSSR count). The van der Waals surface area contributed by atoms with E-state index in [4.69, 9.17) is 5.10 Å². The molecule has 1 amide bonds. The molecule has 4 aromatic rings. The van der Waals surface area contributed by atoms with Gasteiger partial charge in [0.05, 0.1) is 18.1 Å². The summed E-state index contributed by atoms with van der Waals surface area (Å²) in [6.45, 7) is 4.57. The number of carbonyl (C=O) groups excluding carboxylic acids is 1. The average Bonchev–Trinajstić information content (AvgIpc) is 3.38. The SMILES string of the molecule is CC(NC(=O)c1ccc(N2CC(CN(C)C)(n3cc(-c4ccnc5[nH]ccc45)cn3)C2)cn1)C1CC1. The molecule has 5 heterocycles. The third-order valence-electron chi connectivity index (χ3n) is 7.45. The van der Waals surface area contributed by atoms with Gasteiger partial charge < -0.3 is 20.1 Å². The molecule has 1 saturated heterocycles. The second-order valence-electron chi connectivity index (χ2n) is 10.6. The Balaban J connectivity index is 1.19. The topological polar surface area (TPSA) is 95.0 Å². The van der Waals surface area contributed by atoms with Gasteiger partial charge in [-0.3, -0.25) is 9.48 Å². The summed E-state index contributed by atoms with van der Waals surface area (Å²) in [5.74, 6) is 0.526. The van der Waals surface area contributed by atoms with Crippen molar-refractivity contribution in [3.63, 3.8) is 0 Å². The molecule has 0 spiro atoms. The minimum Gasteiger partial charge on any atom is -0.365 e. The minimum absolute atomic E-state index is 0.0942. The molecule has 0 radical (unpaired) electrons. The number of fused-ring (bicyclic) bond motifs is 1. The van der Waals surface area contributed by atoms with Gasteiger partial charge in [-0.25, -0.2) is 9.97 Å². The first-order valence-electron chi connectivity index (χ1n) is 12.6. The Hall–Kier alpha value is -3.72. The lowest BCUT2D eigenvalue weighted by molar-refractivity contribution is 0.0930. The van der Waals surface area contributed by atoms with Crippen LogP contribution in [0.25, 0.3) is 22.2 Å². The summed E-state index contributed by atoms with van der Waals surface area (Å²) >= 11 is 0. The van der Waals surface area contributed by atoms with Crippen LogP contribution < -0.4 is 10.2 Å². The van der Waals surface area contributed by atoms with Gasteiger partial charge in [-0.15, -0.1) is 0 Å². The zero-order valence-corrected chi connectivity index (χ0v) is 21.0. The van der Waals surface area contributed by atoms with Gasteiger partial charge in [0, 0.05) is 55.2 Å². The monoisotopic (exact) mass is 484 g/mol. The van der Waals surface area contributed by atoms with E-state index < -0.39 is 0 Å². The Morgan fingerprint density at radius 1 is 1.19 bits per heavy atom. The molecule has 36 heavy (non-hydrogen) atoms. The van der Waals surface area contributed by atoms with Crippen molar-refractivity contribution in [1.82, 2.24) is 34.9 Å². The van der Waals surface area contributed by atoms with Crippen LogP contribution in [0, 0.1) is 5.92 Å². The summed E-state index contributed by atoms with van der Waals surface area (Å²) in [4.78, 5) is 29.1. The maximum atomic E-state index is 12.5. The highest BCUT2D eigenvalue weighted by Gasteiger charge is 2.46. The summed E-state index contributed by atoms with van der Waals surface area (Å²) in [5.41, 5.74) is 4.42. The molecule has 0 aromatic carbocycles. The van der Waals surface area contributed by atoms with E-state index in [2.05, 4.69) is 68.0 Å². The summed E-state index contributed by atoms with van der Waals surface area (Å²) in [7, 11) is 4.19. The van der Waals surface area contributed by atoms with Crippen molar-refractivity contribution in [3.05, 3.63) is 60.9 Å². The van der Waals surface area contributed by atoms with Crippen LogP contribution in [-0.2, 0) is 5.54 Å². The fraction of sp³-hybridized carbons (Fsp3) is 0.407. The highest BCUT2D eigenvalue weighted by atomic mass is 16.1. The maximum Gasteiger partial charge on any atom is 0.270 e. The van der Waals surface area contributed by atoms with Crippen LogP contribution in [0.5, 0.6) is 0 Å². The van der Waals surface area contributed by atoms with E-state index >= 15 is 0 Å². The number of pyridine rings is 2. The van der Waals surface area contributed by atoms with Crippen LogP contribution in [0.2, 0.25) is 0 Å². The number of anilines is 1. The summed E-state index contributed by atoms with van der Waals surface area (Å²) in [6, 6.07) is 8.13. The molecule has 1 atom stereocenters. The lowest BCUT2D eigenvalue weighted by Gasteiger charge is -2.52. The van der Waals surface area contributed by atoms with Gasteiger partial charge in [-0.2, -0.15) is 5.10 Å². The van der Waals surface area contributed by atoms with E-state index in [0.717, 1.165) is 47.5 Å². The largest absolute Gasteiger partial charge is 0.365 e. The van der Waals surface area contributed by atoms with Gasteiger partial charge in [-0.05, 0) is 69.6 Å². The maximum absolute atomic E-state index is 12.5. The predicted molar refractivity (Wildman–Crippen MR) is 140 cm³/mol. The van der Waals surface area contributed by atoms with Crippen molar-refractivity contribution < 1.29 is 4.79 Å². The van der Waals surface area contributed by atoms with Gasteiger partial charge in [0.25, 0.3) is 5.91 Å². The van der Waals surface area contributed by atoms with Crippen molar-refractivity contribution in [2.45, 2.75) is 31.3 Å². The molecule has 9 heteroatoms. The molecule has 4 aromatic heterocycles. The Morgan fingerprint density at radius 3 is 2.75 bits per heavy atom. The van der Waals surface area contributed by atoms with Crippen molar-refractivity contribution in [2.24, 2.45) is 5.92 Å². The van der Waals surface area contributed by atoms with Gasteiger partial charge in [0.2, 0.25) is 0 Å².